The van der Waals surface area contributed by atoms with Crippen LogP contribution in [0.5, 0.6) is 0 Å². The third-order valence-corrected chi connectivity index (χ3v) is 15.0. The van der Waals surface area contributed by atoms with Gasteiger partial charge in [-0.15, -0.1) is 11.8 Å². The highest BCUT2D eigenvalue weighted by Gasteiger charge is 2.53. The Morgan fingerprint density at radius 2 is 1.48 bits per heavy atom. The Bertz CT molecular complexity index is 1670. The SMILES string of the molecule is CC(C)(C)[Si](OC[C@H]1SC(n2cnc3c(Cl)nc(Cl)nc32)[C@@H](F)[C@@H]1OCc1ccccc1)(c1ccccc1)c1ccccc1. The maximum absolute atomic E-state index is 16.6. The molecule has 228 valence electrons. The normalized spacial score (nSPS) is 20.8. The third-order valence-electron chi connectivity index (χ3n) is 8.06. The van der Waals surface area contributed by atoms with Crippen molar-refractivity contribution in [3.05, 3.63) is 113 Å². The van der Waals surface area contributed by atoms with Crippen LogP contribution in [0.3, 0.4) is 0 Å². The summed E-state index contributed by atoms with van der Waals surface area (Å²) in [5.74, 6) is 0. The van der Waals surface area contributed by atoms with E-state index in [1.807, 2.05) is 42.5 Å². The van der Waals surface area contributed by atoms with Crippen LogP contribution in [0.1, 0.15) is 31.7 Å². The number of thioether (sulfide) groups is 1. The predicted molar refractivity (Wildman–Crippen MR) is 179 cm³/mol. The van der Waals surface area contributed by atoms with Crippen molar-refractivity contribution in [2.45, 2.75) is 55.3 Å². The van der Waals surface area contributed by atoms with Crippen LogP contribution in [0.25, 0.3) is 11.2 Å². The molecule has 3 heterocycles. The van der Waals surface area contributed by atoms with Crippen molar-refractivity contribution in [3.63, 3.8) is 0 Å². The van der Waals surface area contributed by atoms with E-state index < -0.39 is 26.0 Å². The molecule has 1 fully saturated rings. The molecule has 0 saturated carbocycles. The molecule has 1 saturated heterocycles. The molecule has 0 amide bonds. The van der Waals surface area contributed by atoms with Gasteiger partial charge in [-0.05, 0) is 32.6 Å². The average Bonchev–Trinajstić information content (AvgIpc) is 3.57. The minimum Gasteiger partial charge on any atom is -0.406 e. The predicted octanol–water partition coefficient (Wildman–Crippen LogP) is 7.25. The summed E-state index contributed by atoms with van der Waals surface area (Å²) in [7, 11) is -2.87. The molecular weight excluding hydrogens is 634 g/mol. The topological polar surface area (TPSA) is 62.1 Å². The molecule has 0 radical (unpaired) electrons. The molecule has 3 aromatic carbocycles. The van der Waals surface area contributed by atoms with Gasteiger partial charge in [0.15, 0.2) is 17.0 Å². The summed E-state index contributed by atoms with van der Waals surface area (Å²) in [6.07, 6.45) is -0.596. The minimum atomic E-state index is -2.87. The number of rotatable bonds is 9. The first kappa shape index (κ1) is 31.2. The second kappa shape index (κ2) is 12.9. The van der Waals surface area contributed by atoms with Crippen molar-refractivity contribution in [2.24, 2.45) is 0 Å². The van der Waals surface area contributed by atoms with Gasteiger partial charge in [0.1, 0.15) is 17.0 Å². The van der Waals surface area contributed by atoms with Gasteiger partial charge in [0.05, 0.1) is 18.2 Å². The number of ether oxygens (including phenoxy) is 1. The molecule has 0 aliphatic carbocycles. The van der Waals surface area contributed by atoms with Crippen molar-refractivity contribution in [3.8, 4) is 0 Å². The summed E-state index contributed by atoms with van der Waals surface area (Å²) < 4.78 is 32.0. The van der Waals surface area contributed by atoms with Crippen LogP contribution in [0.15, 0.2) is 97.3 Å². The maximum Gasteiger partial charge on any atom is 0.261 e. The second-order valence-electron chi connectivity index (χ2n) is 11.9. The van der Waals surface area contributed by atoms with Crippen molar-refractivity contribution >= 4 is 64.8 Å². The van der Waals surface area contributed by atoms with Crippen LogP contribution in [0, 0.1) is 0 Å². The molecule has 6 nitrogen and oxygen atoms in total. The van der Waals surface area contributed by atoms with E-state index in [-0.39, 0.29) is 33.9 Å². The van der Waals surface area contributed by atoms with Gasteiger partial charge < -0.3 is 9.16 Å². The summed E-state index contributed by atoms with van der Waals surface area (Å²) in [6, 6.07) is 30.7. The molecule has 11 heteroatoms. The molecule has 0 spiro atoms. The molecule has 6 rings (SSSR count). The molecule has 1 aliphatic heterocycles. The number of hydrogen-bond donors (Lipinski definition) is 0. The van der Waals surface area contributed by atoms with Gasteiger partial charge in [-0.2, -0.15) is 4.98 Å². The number of benzene rings is 3. The molecule has 44 heavy (non-hydrogen) atoms. The van der Waals surface area contributed by atoms with Crippen molar-refractivity contribution in [1.29, 1.82) is 0 Å². The lowest BCUT2D eigenvalue weighted by molar-refractivity contribution is -0.0168. The zero-order chi connectivity index (χ0) is 30.9. The number of alkyl halides is 1. The average molecular weight is 668 g/mol. The molecule has 0 bridgehead atoms. The monoisotopic (exact) mass is 666 g/mol. The van der Waals surface area contributed by atoms with E-state index in [0.29, 0.717) is 11.2 Å². The molecule has 2 aromatic heterocycles. The smallest absolute Gasteiger partial charge is 0.261 e. The van der Waals surface area contributed by atoms with Crippen LogP contribution >= 0.6 is 35.0 Å². The Kier molecular flexibility index (Phi) is 9.15. The summed E-state index contributed by atoms with van der Waals surface area (Å²) in [6.45, 7) is 7.26. The minimum absolute atomic E-state index is 0.0221. The van der Waals surface area contributed by atoms with Crippen molar-refractivity contribution < 1.29 is 13.6 Å². The molecule has 5 aromatic rings. The zero-order valence-electron chi connectivity index (χ0n) is 24.6. The quantitative estimate of drug-likeness (QED) is 0.0939. The first-order valence-corrected chi connectivity index (χ1v) is 18.1. The summed E-state index contributed by atoms with van der Waals surface area (Å²) in [4.78, 5) is 12.7. The first-order chi connectivity index (χ1) is 21.2. The fraction of sp³-hybridized carbons (Fsp3) is 0.303. The van der Waals surface area contributed by atoms with Crippen molar-refractivity contribution in [2.75, 3.05) is 6.61 Å². The number of halogens is 3. The molecule has 0 N–H and O–H groups in total. The Morgan fingerprint density at radius 3 is 2.07 bits per heavy atom. The van der Waals surface area contributed by atoms with Gasteiger partial charge in [-0.1, -0.05) is 123 Å². The van der Waals surface area contributed by atoms with E-state index in [1.165, 1.54) is 22.1 Å². The van der Waals surface area contributed by atoms with Gasteiger partial charge in [0, 0.05) is 6.61 Å². The lowest BCUT2D eigenvalue weighted by Gasteiger charge is -2.43. The van der Waals surface area contributed by atoms with Gasteiger partial charge in [-0.25, -0.2) is 14.4 Å². The summed E-state index contributed by atoms with van der Waals surface area (Å²) >= 11 is 13.9. The largest absolute Gasteiger partial charge is 0.406 e. The Morgan fingerprint density at radius 1 is 0.886 bits per heavy atom. The molecule has 4 atom stereocenters. The van der Waals surface area contributed by atoms with E-state index in [0.717, 1.165) is 5.56 Å². The number of hydrogen-bond acceptors (Lipinski definition) is 6. The van der Waals surface area contributed by atoms with E-state index >= 15 is 4.39 Å². The molecular formula is C33H33Cl2FN4O2SSi. The Labute approximate surface area is 272 Å². The number of imidazole rings is 1. The van der Waals surface area contributed by atoms with Crippen LogP contribution in [-0.4, -0.2) is 52.0 Å². The second-order valence-corrected chi connectivity index (χ2v) is 18.2. The van der Waals surface area contributed by atoms with E-state index in [4.69, 9.17) is 32.4 Å². The van der Waals surface area contributed by atoms with E-state index in [2.05, 4.69) is 84.3 Å². The van der Waals surface area contributed by atoms with Gasteiger partial charge >= 0.3 is 0 Å². The fourth-order valence-electron chi connectivity index (χ4n) is 6.03. The Hall–Kier alpha value is -2.79. The lowest BCUT2D eigenvalue weighted by atomic mass is 10.1. The highest BCUT2D eigenvalue weighted by molar-refractivity contribution is 8.00. The van der Waals surface area contributed by atoms with Crippen LogP contribution in [0.2, 0.25) is 15.5 Å². The maximum atomic E-state index is 16.6. The Balaban J connectivity index is 1.37. The first-order valence-electron chi connectivity index (χ1n) is 14.4. The van der Waals surface area contributed by atoms with Gasteiger partial charge in [0.25, 0.3) is 8.32 Å². The van der Waals surface area contributed by atoms with Gasteiger partial charge in [-0.3, -0.25) is 4.57 Å². The molecule has 1 aliphatic rings. The number of aromatic nitrogens is 4. The van der Waals surface area contributed by atoms with E-state index in [1.54, 1.807) is 10.9 Å². The fourth-order valence-corrected chi connectivity index (χ4v) is 12.6. The van der Waals surface area contributed by atoms with Gasteiger partial charge in [0.2, 0.25) is 5.28 Å². The zero-order valence-corrected chi connectivity index (χ0v) is 27.9. The highest BCUT2D eigenvalue weighted by Crippen LogP contribution is 2.47. The number of nitrogens with zero attached hydrogens (tertiary/aromatic N) is 4. The third kappa shape index (κ3) is 5.93. The van der Waals surface area contributed by atoms with E-state index in [9.17, 15) is 0 Å². The number of fused-ring (bicyclic) bond motifs is 1. The molecule has 1 unspecified atom stereocenters. The standard InChI is InChI=1S/C33H33Cl2FN4O2SSi/c1-33(2,3)44(23-15-9-5-10-16-23,24-17-11-6-12-18-24)42-20-25-28(41-19-22-13-7-4-8-14-22)26(36)31(43-25)40-21-37-27-29(34)38-32(35)39-30(27)40/h4-18,21,25-26,28,31H,19-20H2,1-3H3/t25-,26+,28-,31?/m1/s1. The summed E-state index contributed by atoms with van der Waals surface area (Å²) in [5, 5.41) is 1.20. The van der Waals surface area contributed by atoms with Crippen LogP contribution in [0.4, 0.5) is 4.39 Å². The van der Waals surface area contributed by atoms with Crippen molar-refractivity contribution in [1.82, 2.24) is 19.5 Å². The summed E-state index contributed by atoms with van der Waals surface area (Å²) in [5.41, 5.74) is 1.72. The lowest BCUT2D eigenvalue weighted by Crippen LogP contribution is -2.67. The van der Waals surface area contributed by atoms with Crippen LogP contribution in [-0.2, 0) is 15.8 Å². The highest BCUT2D eigenvalue weighted by atomic mass is 35.5. The van der Waals surface area contributed by atoms with Crippen LogP contribution < -0.4 is 10.4 Å².